The first-order chi connectivity index (χ1) is 9.25. The molecule has 3 atom stereocenters. The van der Waals surface area contributed by atoms with E-state index in [1.54, 1.807) is 0 Å². The Balaban J connectivity index is 4.18. The highest BCUT2D eigenvalue weighted by molar-refractivity contribution is 5.74. The van der Waals surface area contributed by atoms with E-state index < -0.39 is 42.7 Å². The fourth-order valence-corrected chi connectivity index (χ4v) is 1.33. The fraction of sp³-hybridized carbons (Fsp3) is 0.700. The van der Waals surface area contributed by atoms with Crippen LogP contribution in [0.2, 0.25) is 0 Å². The number of aliphatic carboxylic acids is 3. The maximum absolute atomic E-state index is 10.9. The standard InChI is InChI=1S/C10H18N2O8/c13-5(9(17)18)1-2-12-8(10(19)20)6(14)3-11-4-7(15)16/h5-6,8,11-14H,1-4H2,(H,15,16)(H,17,18)(H,19,20)/t5-,6-,8-/m0/s1. The third-order valence-corrected chi connectivity index (χ3v) is 2.35. The van der Waals surface area contributed by atoms with Crippen LogP contribution >= 0.6 is 0 Å². The predicted molar refractivity (Wildman–Crippen MR) is 64.2 cm³/mol. The maximum atomic E-state index is 10.9. The molecule has 0 aromatic heterocycles. The molecule has 0 saturated heterocycles. The smallest absolute Gasteiger partial charge is 0.332 e. The zero-order chi connectivity index (χ0) is 15.7. The summed E-state index contributed by atoms with van der Waals surface area (Å²) in [6, 6.07) is -1.41. The second-order valence-corrected chi connectivity index (χ2v) is 4.00. The highest BCUT2D eigenvalue weighted by Gasteiger charge is 2.26. The first-order valence-corrected chi connectivity index (χ1v) is 5.73. The molecular formula is C10H18N2O8. The van der Waals surface area contributed by atoms with E-state index in [0.717, 1.165) is 0 Å². The molecule has 0 unspecified atom stereocenters. The van der Waals surface area contributed by atoms with Crippen LogP contribution in [0.15, 0.2) is 0 Å². The molecule has 10 nitrogen and oxygen atoms in total. The Morgan fingerprint density at radius 1 is 1.00 bits per heavy atom. The summed E-state index contributed by atoms with van der Waals surface area (Å²) in [6.45, 7) is -0.834. The fourth-order valence-electron chi connectivity index (χ4n) is 1.33. The number of carboxylic acid groups (broad SMARTS) is 3. The third kappa shape index (κ3) is 7.63. The highest BCUT2D eigenvalue weighted by atomic mass is 16.4. The van der Waals surface area contributed by atoms with Gasteiger partial charge in [0.1, 0.15) is 6.04 Å². The summed E-state index contributed by atoms with van der Waals surface area (Å²) in [5.41, 5.74) is 0. The number of hydrogen-bond acceptors (Lipinski definition) is 7. The number of rotatable bonds is 11. The normalized spacial score (nSPS) is 15.3. The molecule has 0 radical (unpaired) electrons. The zero-order valence-corrected chi connectivity index (χ0v) is 10.5. The predicted octanol–water partition coefficient (Wildman–Crippen LogP) is -3.10. The van der Waals surface area contributed by atoms with Crippen LogP contribution in [0.4, 0.5) is 0 Å². The van der Waals surface area contributed by atoms with Gasteiger partial charge in [-0.2, -0.15) is 0 Å². The van der Waals surface area contributed by atoms with Gasteiger partial charge in [0.25, 0.3) is 0 Å². The van der Waals surface area contributed by atoms with Crippen molar-refractivity contribution in [2.75, 3.05) is 19.6 Å². The number of aliphatic hydroxyl groups excluding tert-OH is 2. The monoisotopic (exact) mass is 294 g/mol. The van der Waals surface area contributed by atoms with Crippen molar-refractivity contribution >= 4 is 17.9 Å². The Morgan fingerprint density at radius 2 is 1.60 bits per heavy atom. The van der Waals surface area contributed by atoms with Crippen molar-refractivity contribution < 1.29 is 39.9 Å². The van der Waals surface area contributed by atoms with Crippen molar-refractivity contribution in [1.82, 2.24) is 10.6 Å². The molecule has 20 heavy (non-hydrogen) atoms. The average Bonchev–Trinajstić information content (AvgIpc) is 2.32. The Bertz CT molecular complexity index is 348. The van der Waals surface area contributed by atoms with Gasteiger partial charge in [-0.25, -0.2) is 4.79 Å². The lowest BCUT2D eigenvalue weighted by Gasteiger charge is -2.20. The van der Waals surface area contributed by atoms with Gasteiger partial charge in [-0.05, 0) is 13.0 Å². The van der Waals surface area contributed by atoms with Crippen LogP contribution in [0.3, 0.4) is 0 Å². The largest absolute Gasteiger partial charge is 0.480 e. The average molecular weight is 294 g/mol. The Hall–Kier alpha value is -1.75. The topological polar surface area (TPSA) is 176 Å². The molecular weight excluding hydrogens is 276 g/mol. The van der Waals surface area contributed by atoms with Crippen LogP contribution in [-0.2, 0) is 14.4 Å². The van der Waals surface area contributed by atoms with Crippen molar-refractivity contribution in [2.45, 2.75) is 24.7 Å². The van der Waals surface area contributed by atoms with Gasteiger partial charge in [0.2, 0.25) is 0 Å². The maximum Gasteiger partial charge on any atom is 0.332 e. The number of hydrogen-bond donors (Lipinski definition) is 7. The molecule has 116 valence electrons. The lowest BCUT2D eigenvalue weighted by molar-refractivity contribution is -0.146. The lowest BCUT2D eigenvalue weighted by atomic mass is 10.1. The van der Waals surface area contributed by atoms with Crippen LogP contribution in [-0.4, -0.2) is 81.3 Å². The van der Waals surface area contributed by atoms with Gasteiger partial charge >= 0.3 is 17.9 Å². The van der Waals surface area contributed by atoms with E-state index in [-0.39, 0.29) is 19.5 Å². The van der Waals surface area contributed by atoms with E-state index >= 15 is 0 Å². The number of carbonyl (C=O) groups is 3. The molecule has 0 aromatic carbocycles. The van der Waals surface area contributed by atoms with E-state index in [1.807, 2.05) is 0 Å². The molecule has 0 rings (SSSR count). The van der Waals surface area contributed by atoms with E-state index in [2.05, 4.69) is 10.6 Å². The number of carboxylic acids is 3. The van der Waals surface area contributed by atoms with Gasteiger partial charge < -0.3 is 36.2 Å². The van der Waals surface area contributed by atoms with Crippen LogP contribution in [0.5, 0.6) is 0 Å². The van der Waals surface area contributed by atoms with E-state index in [4.69, 9.17) is 20.4 Å². The molecule has 0 bridgehead atoms. The lowest BCUT2D eigenvalue weighted by Crippen LogP contribution is -2.51. The SMILES string of the molecule is O=C(O)CNC[C@H](O)[C@H](NCC[C@H](O)C(=O)O)C(=O)O. The van der Waals surface area contributed by atoms with Crippen LogP contribution in [0.25, 0.3) is 0 Å². The molecule has 0 aliphatic carbocycles. The quantitative estimate of drug-likeness (QED) is 0.206. The zero-order valence-electron chi connectivity index (χ0n) is 10.5. The van der Waals surface area contributed by atoms with Crippen molar-refractivity contribution in [2.24, 2.45) is 0 Å². The molecule has 0 aliphatic heterocycles. The first-order valence-electron chi connectivity index (χ1n) is 5.73. The molecule has 7 N–H and O–H groups in total. The summed E-state index contributed by atoms with van der Waals surface area (Å²) < 4.78 is 0. The van der Waals surface area contributed by atoms with Gasteiger partial charge in [0, 0.05) is 6.54 Å². The second kappa shape index (κ2) is 9.20. The minimum atomic E-state index is -1.63. The second-order valence-electron chi connectivity index (χ2n) is 4.00. The molecule has 0 spiro atoms. The third-order valence-electron chi connectivity index (χ3n) is 2.35. The van der Waals surface area contributed by atoms with Crippen LogP contribution < -0.4 is 10.6 Å². The Labute approximate surface area is 114 Å². The van der Waals surface area contributed by atoms with E-state index in [9.17, 15) is 19.5 Å². The summed E-state index contributed by atoms with van der Waals surface area (Å²) in [7, 11) is 0. The molecule has 0 saturated carbocycles. The van der Waals surface area contributed by atoms with Gasteiger partial charge in [0.15, 0.2) is 6.10 Å². The van der Waals surface area contributed by atoms with E-state index in [1.165, 1.54) is 0 Å². The van der Waals surface area contributed by atoms with Crippen molar-refractivity contribution in [3.05, 3.63) is 0 Å². The summed E-state index contributed by atoms with van der Waals surface area (Å²) in [6.07, 6.45) is -3.26. The van der Waals surface area contributed by atoms with Gasteiger partial charge in [0.05, 0.1) is 12.6 Å². The molecule has 0 fully saturated rings. The minimum absolute atomic E-state index is 0.138. The summed E-state index contributed by atoms with van der Waals surface area (Å²) in [5, 5.41) is 49.0. The van der Waals surface area contributed by atoms with Crippen molar-refractivity contribution in [3.8, 4) is 0 Å². The summed E-state index contributed by atoms with van der Waals surface area (Å²) in [5.74, 6) is -3.96. The Kier molecular flexibility index (Phi) is 8.40. The molecule has 0 amide bonds. The summed E-state index contributed by atoms with van der Waals surface area (Å²) in [4.78, 5) is 31.5. The number of aliphatic hydroxyl groups is 2. The van der Waals surface area contributed by atoms with Crippen LogP contribution in [0.1, 0.15) is 6.42 Å². The summed E-state index contributed by atoms with van der Waals surface area (Å²) >= 11 is 0. The molecule has 0 aliphatic rings. The minimum Gasteiger partial charge on any atom is -0.480 e. The van der Waals surface area contributed by atoms with E-state index in [0.29, 0.717) is 0 Å². The molecule has 0 heterocycles. The first kappa shape index (κ1) is 18.2. The molecule has 0 aromatic rings. The van der Waals surface area contributed by atoms with Crippen LogP contribution in [0, 0.1) is 0 Å². The van der Waals surface area contributed by atoms with Crippen molar-refractivity contribution in [1.29, 1.82) is 0 Å². The van der Waals surface area contributed by atoms with Gasteiger partial charge in [-0.1, -0.05) is 0 Å². The van der Waals surface area contributed by atoms with Gasteiger partial charge in [-0.3, -0.25) is 9.59 Å². The van der Waals surface area contributed by atoms with Gasteiger partial charge in [-0.15, -0.1) is 0 Å². The highest BCUT2D eigenvalue weighted by Crippen LogP contribution is 1.96. The Morgan fingerprint density at radius 3 is 2.05 bits per heavy atom. The number of nitrogens with one attached hydrogen (secondary N) is 2. The molecule has 10 heteroatoms. The van der Waals surface area contributed by atoms with Crippen molar-refractivity contribution in [3.63, 3.8) is 0 Å².